The highest BCUT2D eigenvalue weighted by Crippen LogP contribution is 2.39. The molecule has 0 saturated heterocycles. The average Bonchev–Trinajstić information content (AvgIpc) is 3.68. The van der Waals surface area contributed by atoms with E-state index in [0.29, 0.717) is 34.2 Å². The van der Waals surface area contributed by atoms with Crippen LogP contribution in [0, 0.1) is 5.92 Å². The van der Waals surface area contributed by atoms with E-state index < -0.39 is 6.04 Å². The van der Waals surface area contributed by atoms with E-state index in [2.05, 4.69) is 25.6 Å². The molecule has 3 N–H and O–H groups in total. The number of carbonyl (C=O) groups is 2. The lowest BCUT2D eigenvalue weighted by Crippen LogP contribution is -2.47. The van der Waals surface area contributed by atoms with Gasteiger partial charge in [-0.3, -0.25) is 9.59 Å². The van der Waals surface area contributed by atoms with Crippen molar-refractivity contribution in [1.82, 2.24) is 25.6 Å². The van der Waals surface area contributed by atoms with Gasteiger partial charge in [-0.1, -0.05) is 23.7 Å². The van der Waals surface area contributed by atoms with Crippen molar-refractivity contribution >= 4 is 34.6 Å². The molecule has 2 heterocycles. The summed E-state index contributed by atoms with van der Waals surface area (Å²) in [5.74, 6) is 0.135. The molecule has 1 unspecified atom stereocenters. The van der Waals surface area contributed by atoms with Crippen LogP contribution >= 0.6 is 11.6 Å². The van der Waals surface area contributed by atoms with Crippen LogP contribution in [0.15, 0.2) is 36.7 Å². The first kappa shape index (κ1) is 19.1. The van der Waals surface area contributed by atoms with Crippen molar-refractivity contribution < 1.29 is 9.59 Å². The fourth-order valence-electron chi connectivity index (χ4n) is 3.60. The Labute approximate surface area is 178 Å². The molecule has 2 amide bonds. The maximum Gasteiger partial charge on any atom is 0.255 e. The minimum atomic E-state index is -0.561. The van der Waals surface area contributed by atoms with Gasteiger partial charge in [-0.05, 0) is 49.3 Å². The molecule has 2 aromatic heterocycles. The number of H-pyrrole nitrogens is 1. The van der Waals surface area contributed by atoms with Gasteiger partial charge in [-0.25, -0.2) is 9.97 Å². The van der Waals surface area contributed by atoms with Crippen LogP contribution in [0.4, 0.5) is 0 Å². The molecule has 30 heavy (non-hydrogen) atoms. The molecule has 154 valence electrons. The summed E-state index contributed by atoms with van der Waals surface area (Å²) in [5.41, 5.74) is 3.45. The largest absolute Gasteiger partial charge is 0.350 e. The third kappa shape index (κ3) is 4.03. The summed E-state index contributed by atoms with van der Waals surface area (Å²) in [6.07, 6.45) is 7.48. The van der Waals surface area contributed by atoms with Crippen LogP contribution < -0.4 is 10.6 Å². The van der Waals surface area contributed by atoms with Gasteiger partial charge in [0.15, 0.2) is 5.65 Å². The Morgan fingerprint density at radius 3 is 2.63 bits per heavy atom. The summed E-state index contributed by atoms with van der Waals surface area (Å²) in [6, 6.07) is 6.76. The second-order valence-electron chi connectivity index (χ2n) is 8.10. The van der Waals surface area contributed by atoms with E-state index in [4.69, 9.17) is 11.6 Å². The van der Waals surface area contributed by atoms with E-state index in [0.717, 1.165) is 36.9 Å². The Hall–Kier alpha value is -2.93. The van der Waals surface area contributed by atoms with E-state index >= 15 is 0 Å². The zero-order chi connectivity index (χ0) is 20.7. The standard InChI is InChI=1S/C22H22ClN5O2/c23-15-7-1-12(2-8-15)9-26-22(30)18(14-5-6-14)28-21(29)16-10-24-20-19(16)27-17(11-25-20)13-3-4-13/h1-2,7-8,10-11,13-14,18H,3-6,9H2,(H,24,25)(H,26,30)(H,28,29). The molecular formula is C22H22ClN5O2. The number of amides is 2. The Morgan fingerprint density at radius 1 is 1.17 bits per heavy atom. The lowest BCUT2D eigenvalue weighted by molar-refractivity contribution is -0.123. The van der Waals surface area contributed by atoms with Crippen LogP contribution in [-0.2, 0) is 11.3 Å². The van der Waals surface area contributed by atoms with E-state index in [-0.39, 0.29) is 17.7 Å². The minimum Gasteiger partial charge on any atom is -0.350 e. The molecule has 3 aromatic rings. The molecule has 0 bridgehead atoms. The van der Waals surface area contributed by atoms with Crippen molar-refractivity contribution in [2.75, 3.05) is 0 Å². The molecular weight excluding hydrogens is 402 g/mol. The number of hydrogen-bond acceptors (Lipinski definition) is 4. The zero-order valence-electron chi connectivity index (χ0n) is 16.3. The van der Waals surface area contributed by atoms with Gasteiger partial charge in [0.2, 0.25) is 5.91 Å². The van der Waals surface area contributed by atoms with Crippen molar-refractivity contribution in [3.63, 3.8) is 0 Å². The fourth-order valence-corrected chi connectivity index (χ4v) is 3.73. The number of aromatic nitrogens is 3. The van der Waals surface area contributed by atoms with Crippen LogP contribution in [0.3, 0.4) is 0 Å². The molecule has 2 saturated carbocycles. The maximum atomic E-state index is 13.0. The predicted molar refractivity (Wildman–Crippen MR) is 113 cm³/mol. The van der Waals surface area contributed by atoms with Gasteiger partial charge in [-0.15, -0.1) is 0 Å². The number of rotatable bonds is 7. The summed E-state index contributed by atoms with van der Waals surface area (Å²) in [4.78, 5) is 37.8. The summed E-state index contributed by atoms with van der Waals surface area (Å²) in [5, 5.41) is 6.50. The first-order chi connectivity index (χ1) is 14.6. The van der Waals surface area contributed by atoms with Crippen LogP contribution in [0.1, 0.15) is 53.2 Å². The number of halogens is 1. The Bertz CT molecular complexity index is 1100. The highest BCUT2D eigenvalue weighted by atomic mass is 35.5. The number of nitrogens with zero attached hydrogens (tertiary/aromatic N) is 2. The topological polar surface area (TPSA) is 99.8 Å². The third-order valence-corrected chi connectivity index (χ3v) is 5.93. The smallest absolute Gasteiger partial charge is 0.255 e. The maximum absolute atomic E-state index is 13.0. The van der Waals surface area contributed by atoms with Crippen LogP contribution in [0.25, 0.3) is 11.2 Å². The number of aromatic amines is 1. The van der Waals surface area contributed by atoms with E-state index in [1.807, 2.05) is 12.1 Å². The summed E-state index contributed by atoms with van der Waals surface area (Å²) < 4.78 is 0. The van der Waals surface area contributed by atoms with Gasteiger partial charge in [-0.2, -0.15) is 0 Å². The number of nitrogens with one attached hydrogen (secondary N) is 3. The van der Waals surface area contributed by atoms with Crippen molar-refractivity contribution in [3.8, 4) is 0 Å². The molecule has 1 atom stereocenters. The van der Waals surface area contributed by atoms with Gasteiger partial charge in [0.1, 0.15) is 11.6 Å². The molecule has 2 aliphatic carbocycles. The fraction of sp³-hybridized carbons (Fsp3) is 0.364. The van der Waals surface area contributed by atoms with Gasteiger partial charge < -0.3 is 15.6 Å². The van der Waals surface area contributed by atoms with E-state index in [1.165, 1.54) is 0 Å². The lowest BCUT2D eigenvalue weighted by atomic mass is 10.1. The van der Waals surface area contributed by atoms with Gasteiger partial charge >= 0.3 is 0 Å². The number of carbonyl (C=O) groups excluding carboxylic acids is 2. The van der Waals surface area contributed by atoms with Crippen LogP contribution in [0.5, 0.6) is 0 Å². The van der Waals surface area contributed by atoms with E-state index in [1.54, 1.807) is 24.5 Å². The van der Waals surface area contributed by atoms with Crippen molar-refractivity contribution in [2.45, 2.75) is 44.2 Å². The van der Waals surface area contributed by atoms with E-state index in [9.17, 15) is 9.59 Å². The minimum absolute atomic E-state index is 0.164. The number of fused-ring (bicyclic) bond motifs is 1. The Morgan fingerprint density at radius 2 is 1.93 bits per heavy atom. The summed E-state index contributed by atoms with van der Waals surface area (Å²) in [6.45, 7) is 0.387. The highest BCUT2D eigenvalue weighted by molar-refractivity contribution is 6.30. The van der Waals surface area contributed by atoms with Crippen LogP contribution in [0.2, 0.25) is 5.02 Å². The SMILES string of the molecule is O=C(NC(C(=O)NCc1ccc(Cl)cc1)C1CC1)c1c[nH]c2ncc(C3CC3)nc12. The highest BCUT2D eigenvalue weighted by Gasteiger charge is 2.37. The molecule has 0 aliphatic heterocycles. The molecule has 1 aromatic carbocycles. The monoisotopic (exact) mass is 423 g/mol. The molecule has 5 rings (SSSR count). The molecule has 0 radical (unpaired) electrons. The number of benzene rings is 1. The molecule has 7 nitrogen and oxygen atoms in total. The van der Waals surface area contributed by atoms with Crippen molar-refractivity contribution in [2.24, 2.45) is 5.92 Å². The predicted octanol–water partition coefficient (Wildman–Crippen LogP) is 3.31. The first-order valence-electron chi connectivity index (χ1n) is 10.3. The summed E-state index contributed by atoms with van der Waals surface area (Å²) in [7, 11) is 0. The van der Waals surface area contributed by atoms with Crippen molar-refractivity contribution in [3.05, 3.63) is 58.5 Å². The lowest BCUT2D eigenvalue weighted by Gasteiger charge is -2.18. The van der Waals surface area contributed by atoms with Gasteiger partial charge in [0.25, 0.3) is 5.91 Å². The van der Waals surface area contributed by atoms with Crippen LogP contribution in [-0.4, -0.2) is 32.8 Å². The normalized spacial score (nSPS) is 17.0. The Kier molecular flexibility index (Phi) is 4.90. The third-order valence-electron chi connectivity index (χ3n) is 5.68. The molecule has 8 heteroatoms. The zero-order valence-corrected chi connectivity index (χ0v) is 17.1. The first-order valence-corrected chi connectivity index (χ1v) is 10.6. The second kappa shape index (κ2) is 7.72. The second-order valence-corrected chi connectivity index (χ2v) is 8.54. The molecule has 2 fully saturated rings. The molecule has 0 spiro atoms. The van der Waals surface area contributed by atoms with Gasteiger partial charge in [0.05, 0.1) is 17.5 Å². The average molecular weight is 424 g/mol. The number of hydrogen-bond donors (Lipinski definition) is 3. The summed E-state index contributed by atoms with van der Waals surface area (Å²) >= 11 is 5.91. The van der Waals surface area contributed by atoms with Gasteiger partial charge in [0, 0.05) is 23.7 Å². The quantitative estimate of drug-likeness (QED) is 0.542. The molecule has 2 aliphatic rings. The Balaban J connectivity index is 1.29. The van der Waals surface area contributed by atoms with Crippen molar-refractivity contribution in [1.29, 1.82) is 0 Å².